The maximum atomic E-state index is 11.7. The van der Waals surface area contributed by atoms with Crippen LogP contribution < -0.4 is 10.6 Å². The van der Waals surface area contributed by atoms with E-state index < -0.39 is 0 Å². The molecule has 0 spiro atoms. The topological polar surface area (TPSA) is 70.6 Å². The molecular formula is C10H10BrN3O2S2. The number of nitrogens with one attached hydrogen (secondary N) is 2. The van der Waals surface area contributed by atoms with E-state index in [0.29, 0.717) is 10.0 Å². The first-order chi connectivity index (χ1) is 8.65. The van der Waals surface area contributed by atoms with Gasteiger partial charge >= 0.3 is 0 Å². The number of amides is 2. The van der Waals surface area contributed by atoms with Gasteiger partial charge in [0.25, 0.3) is 5.91 Å². The molecule has 2 heterocycles. The van der Waals surface area contributed by atoms with Crippen LogP contribution in [0.15, 0.2) is 20.9 Å². The molecule has 18 heavy (non-hydrogen) atoms. The van der Waals surface area contributed by atoms with E-state index in [2.05, 4.69) is 31.6 Å². The molecule has 0 atom stereocenters. The summed E-state index contributed by atoms with van der Waals surface area (Å²) in [6.45, 7) is 0.684. The molecule has 0 saturated heterocycles. The molecule has 8 heteroatoms. The SMILES string of the molecule is O=C(CNC(=O)c1ccc(Br)s1)NC1=NCCS1. The highest BCUT2D eigenvalue weighted by Crippen LogP contribution is 2.21. The van der Waals surface area contributed by atoms with Crippen LogP contribution in [0.3, 0.4) is 0 Å². The van der Waals surface area contributed by atoms with Crippen molar-refractivity contribution in [2.24, 2.45) is 4.99 Å². The number of hydrogen-bond acceptors (Lipinski definition) is 5. The van der Waals surface area contributed by atoms with Gasteiger partial charge < -0.3 is 10.6 Å². The lowest BCUT2D eigenvalue weighted by atomic mass is 10.4. The molecule has 0 radical (unpaired) electrons. The second kappa shape index (κ2) is 6.35. The summed E-state index contributed by atoms with van der Waals surface area (Å²) in [5, 5.41) is 5.84. The third-order valence-corrected chi connectivity index (χ3v) is 4.55. The Morgan fingerprint density at radius 1 is 1.44 bits per heavy atom. The maximum absolute atomic E-state index is 11.7. The molecule has 0 unspecified atom stereocenters. The van der Waals surface area contributed by atoms with Crippen LogP contribution in [0, 0.1) is 0 Å². The minimum Gasteiger partial charge on any atom is -0.342 e. The molecule has 1 aromatic rings. The second-order valence-corrected chi connectivity index (χ2v) is 6.92. The number of hydrogen-bond donors (Lipinski definition) is 2. The van der Waals surface area contributed by atoms with Crippen molar-refractivity contribution in [2.45, 2.75) is 0 Å². The zero-order valence-electron chi connectivity index (χ0n) is 9.23. The summed E-state index contributed by atoms with van der Waals surface area (Å²) in [5.74, 6) is 0.388. The molecule has 2 rings (SSSR count). The van der Waals surface area contributed by atoms with E-state index in [0.717, 1.165) is 16.1 Å². The molecule has 1 aliphatic rings. The first kappa shape index (κ1) is 13.6. The number of halogens is 1. The van der Waals surface area contributed by atoms with E-state index in [1.807, 2.05) is 0 Å². The van der Waals surface area contributed by atoms with Gasteiger partial charge in [-0.25, -0.2) is 0 Å². The van der Waals surface area contributed by atoms with Gasteiger partial charge in [0, 0.05) is 5.75 Å². The lowest BCUT2D eigenvalue weighted by Gasteiger charge is -2.04. The van der Waals surface area contributed by atoms with E-state index in [1.54, 1.807) is 12.1 Å². The minimum atomic E-state index is -0.257. The van der Waals surface area contributed by atoms with Gasteiger partial charge in [-0.3, -0.25) is 14.6 Å². The van der Waals surface area contributed by atoms with Crippen LogP contribution in [0.4, 0.5) is 0 Å². The van der Waals surface area contributed by atoms with E-state index in [4.69, 9.17) is 0 Å². The number of rotatable bonds is 3. The first-order valence-electron chi connectivity index (χ1n) is 5.16. The summed E-state index contributed by atoms with van der Waals surface area (Å²) in [6.07, 6.45) is 0. The Morgan fingerprint density at radius 3 is 2.89 bits per heavy atom. The molecule has 2 amide bonds. The van der Waals surface area contributed by atoms with Crippen LogP contribution in [0.2, 0.25) is 0 Å². The molecule has 0 aromatic carbocycles. The fraction of sp³-hybridized carbons (Fsp3) is 0.300. The molecule has 5 nitrogen and oxygen atoms in total. The summed E-state index contributed by atoms with van der Waals surface area (Å²) in [5.41, 5.74) is 0. The van der Waals surface area contributed by atoms with Gasteiger partial charge in [-0.15, -0.1) is 11.3 Å². The number of thioether (sulfide) groups is 1. The predicted octanol–water partition coefficient (Wildman–Crippen LogP) is 1.46. The normalized spacial score (nSPS) is 14.2. The fourth-order valence-corrected chi connectivity index (χ4v) is 3.31. The van der Waals surface area contributed by atoms with Gasteiger partial charge in [-0.1, -0.05) is 11.8 Å². The molecule has 0 saturated carbocycles. The molecule has 0 aliphatic carbocycles. The molecule has 2 N–H and O–H groups in total. The van der Waals surface area contributed by atoms with Crippen molar-refractivity contribution >= 4 is 56.0 Å². The van der Waals surface area contributed by atoms with Crippen LogP contribution in [0.5, 0.6) is 0 Å². The maximum Gasteiger partial charge on any atom is 0.261 e. The van der Waals surface area contributed by atoms with Crippen molar-refractivity contribution in [2.75, 3.05) is 18.8 Å². The Balaban J connectivity index is 1.77. The number of aliphatic imine (C=N–C) groups is 1. The Morgan fingerprint density at radius 2 is 2.28 bits per heavy atom. The summed E-state index contributed by atoms with van der Waals surface area (Å²) < 4.78 is 0.883. The number of carbonyl (C=O) groups is 2. The van der Waals surface area contributed by atoms with E-state index in [9.17, 15) is 9.59 Å². The van der Waals surface area contributed by atoms with Crippen LogP contribution in [0.25, 0.3) is 0 Å². The molecule has 1 aromatic heterocycles. The Hall–Kier alpha value is -0.860. The average molecular weight is 348 g/mol. The summed E-state index contributed by atoms with van der Waals surface area (Å²) in [4.78, 5) is 27.8. The monoisotopic (exact) mass is 347 g/mol. The van der Waals surface area contributed by atoms with Crippen molar-refractivity contribution < 1.29 is 9.59 Å². The first-order valence-corrected chi connectivity index (χ1v) is 7.75. The van der Waals surface area contributed by atoms with Crippen LogP contribution in [-0.2, 0) is 4.79 Å². The summed E-state index contributed by atoms with van der Waals surface area (Å²) in [6, 6.07) is 3.50. The third-order valence-electron chi connectivity index (χ3n) is 2.04. The quantitative estimate of drug-likeness (QED) is 0.869. The van der Waals surface area contributed by atoms with Gasteiger partial charge in [-0.05, 0) is 28.1 Å². The van der Waals surface area contributed by atoms with Crippen molar-refractivity contribution in [3.63, 3.8) is 0 Å². The minimum absolute atomic E-state index is 0.0477. The predicted molar refractivity (Wildman–Crippen MR) is 77.3 cm³/mol. The average Bonchev–Trinajstić information content (AvgIpc) is 2.97. The lowest BCUT2D eigenvalue weighted by Crippen LogP contribution is -2.38. The van der Waals surface area contributed by atoms with Crippen molar-refractivity contribution in [3.05, 3.63) is 20.8 Å². The van der Waals surface area contributed by atoms with Gasteiger partial charge in [0.05, 0.1) is 21.8 Å². The van der Waals surface area contributed by atoms with Gasteiger partial charge in [0.15, 0.2) is 5.17 Å². The highest BCUT2D eigenvalue weighted by Gasteiger charge is 2.13. The van der Waals surface area contributed by atoms with Crippen molar-refractivity contribution in [1.82, 2.24) is 10.6 Å². The molecule has 1 aliphatic heterocycles. The van der Waals surface area contributed by atoms with E-state index in [1.165, 1.54) is 23.1 Å². The van der Waals surface area contributed by atoms with Crippen molar-refractivity contribution in [1.29, 1.82) is 0 Å². The van der Waals surface area contributed by atoms with Gasteiger partial charge in [0.2, 0.25) is 5.91 Å². The van der Waals surface area contributed by atoms with E-state index in [-0.39, 0.29) is 18.4 Å². The van der Waals surface area contributed by atoms with Crippen LogP contribution >= 0.6 is 39.0 Å². The Kier molecular flexibility index (Phi) is 4.79. The summed E-state index contributed by atoms with van der Waals surface area (Å²) >= 11 is 6.11. The number of nitrogens with zero attached hydrogens (tertiary/aromatic N) is 1. The molecular weight excluding hydrogens is 338 g/mol. The zero-order valence-corrected chi connectivity index (χ0v) is 12.5. The van der Waals surface area contributed by atoms with E-state index >= 15 is 0 Å². The third kappa shape index (κ3) is 3.82. The highest BCUT2D eigenvalue weighted by atomic mass is 79.9. The Bertz CT molecular complexity index is 501. The number of amidine groups is 1. The van der Waals surface area contributed by atoms with Gasteiger partial charge in [-0.2, -0.15) is 0 Å². The molecule has 96 valence electrons. The summed E-state index contributed by atoms with van der Waals surface area (Å²) in [7, 11) is 0. The van der Waals surface area contributed by atoms with Crippen molar-refractivity contribution in [3.8, 4) is 0 Å². The second-order valence-electron chi connectivity index (χ2n) is 3.37. The van der Waals surface area contributed by atoms with Crippen LogP contribution in [-0.4, -0.2) is 35.8 Å². The molecule has 0 fully saturated rings. The fourth-order valence-electron chi connectivity index (χ4n) is 1.26. The molecule has 0 bridgehead atoms. The Labute approximate surface area is 121 Å². The van der Waals surface area contributed by atoms with Gasteiger partial charge in [0.1, 0.15) is 0 Å². The van der Waals surface area contributed by atoms with Crippen LogP contribution in [0.1, 0.15) is 9.67 Å². The largest absolute Gasteiger partial charge is 0.342 e. The smallest absolute Gasteiger partial charge is 0.261 e. The number of thiophene rings is 1. The lowest BCUT2D eigenvalue weighted by molar-refractivity contribution is -0.118. The number of carbonyl (C=O) groups excluding carboxylic acids is 2. The zero-order chi connectivity index (χ0) is 13.0. The standard InChI is InChI=1S/C10H10BrN3O2S2/c11-7-2-1-6(18-7)9(16)13-5-8(15)14-10-12-3-4-17-10/h1-2H,3-5H2,(H,13,16)(H,12,14,15). The highest BCUT2D eigenvalue weighted by molar-refractivity contribution is 9.11.